The molecule has 0 fully saturated rings. The molecule has 0 saturated heterocycles. The third-order valence-electron chi connectivity index (χ3n) is 3.69. The summed E-state index contributed by atoms with van der Waals surface area (Å²) in [7, 11) is 0. The molecule has 0 N–H and O–H groups in total. The predicted molar refractivity (Wildman–Crippen MR) is 79.8 cm³/mol. The minimum absolute atomic E-state index is 0.837. The van der Waals surface area contributed by atoms with Gasteiger partial charge < -0.3 is 0 Å². The van der Waals surface area contributed by atoms with Gasteiger partial charge in [-0.3, -0.25) is 0 Å². The molecule has 98 valence electrons. The van der Waals surface area contributed by atoms with Gasteiger partial charge in [-0.1, -0.05) is 24.3 Å². The highest BCUT2D eigenvalue weighted by Gasteiger charge is 2.15. The lowest BCUT2D eigenvalue weighted by atomic mass is 10.0. The van der Waals surface area contributed by atoms with E-state index in [0.29, 0.717) is 0 Å². The molecule has 0 spiro atoms. The first-order valence-corrected chi connectivity index (χ1v) is 6.32. The zero-order valence-corrected chi connectivity index (χ0v) is 11.8. The molecule has 3 heteroatoms. The second-order valence-electron chi connectivity index (χ2n) is 4.83. The topological polar surface area (TPSA) is 32.7 Å². The van der Waals surface area contributed by atoms with Gasteiger partial charge in [-0.2, -0.15) is 5.01 Å². The van der Waals surface area contributed by atoms with Crippen LogP contribution in [-0.2, 0) is 0 Å². The number of hydrogen-bond acceptors (Lipinski definition) is 2. The van der Waals surface area contributed by atoms with Crippen LogP contribution in [0.3, 0.4) is 0 Å². The standard InChI is InChI=1S/C16H18N2O/c1-11-7-5-9-15(13(11)3)18(17-19)16-10-6-8-12(2)14(16)4/h5-10H,1-4H3. The lowest BCUT2D eigenvalue weighted by molar-refractivity contribution is 1.04. The average Bonchev–Trinajstić information content (AvgIpc) is 2.40. The van der Waals surface area contributed by atoms with Crippen molar-refractivity contribution in [3.05, 3.63) is 63.6 Å². The smallest absolute Gasteiger partial charge is 0.0717 e. The van der Waals surface area contributed by atoms with Crippen molar-refractivity contribution in [1.82, 2.24) is 0 Å². The number of nitrogens with zero attached hydrogens (tertiary/aromatic N) is 2. The minimum Gasteiger partial charge on any atom is -0.197 e. The maximum absolute atomic E-state index is 11.3. The number of anilines is 2. The Labute approximate surface area is 113 Å². The van der Waals surface area contributed by atoms with Crippen molar-refractivity contribution in [2.75, 3.05) is 5.01 Å². The molecule has 0 aliphatic heterocycles. The van der Waals surface area contributed by atoms with E-state index in [0.717, 1.165) is 33.6 Å². The fourth-order valence-electron chi connectivity index (χ4n) is 2.15. The van der Waals surface area contributed by atoms with Crippen molar-refractivity contribution in [2.45, 2.75) is 27.7 Å². The zero-order valence-electron chi connectivity index (χ0n) is 11.8. The van der Waals surface area contributed by atoms with Crippen LogP contribution >= 0.6 is 0 Å². The molecule has 2 aromatic rings. The molecule has 2 aromatic carbocycles. The Morgan fingerprint density at radius 3 is 1.58 bits per heavy atom. The van der Waals surface area contributed by atoms with Crippen molar-refractivity contribution < 1.29 is 0 Å². The Morgan fingerprint density at radius 1 is 0.789 bits per heavy atom. The summed E-state index contributed by atoms with van der Waals surface area (Å²) in [6.45, 7) is 8.08. The highest BCUT2D eigenvalue weighted by molar-refractivity contribution is 5.69. The molecule has 0 aliphatic carbocycles. The molecule has 0 saturated carbocycles. The molecule has 2 rings (SSSR count). The summed E-state index contributed by atoms with van der Waals surface area (Å²) in [5.41, 5.74) is 6.12. The van der Waals surface area contributed by atoms with Crippen LogP contribution in [0.2, 0.25) is 0 Å². The van der Waals surface area contributed by atoms with Crippen LogP contribution in [0.15, 0.2) is 41.7 Å². The summed E-state index contributed by atoms with van der Waals surface area (Å²) >= 11 is 0. The molecule has 0 unspecified atom stereocenters. The minimum atomic E-state index is 0.837. The molecular weight excluding hydrogens is 236 g/mol. The van der Waals surface area contributed by atoms with Crippen LogP contribution in [0.5, 0.6) is 0 Å². The van der Waals surface area contributed by atoms with E-state index in [9.17, 15) is 4.91 Å². The van der Waals surface area contributed by atoms with Crippen molar-refractivity contribution in [3.8, 4) is 0 Å². The van der Waals surface area contributed by atoms with Gasteiger partial charge in [0.05, 0.1) is 16.7 Å². The Hall–Kier alpha value is -2.16. The van der Waals surface area contributed by atoms with Gasteiger partial charge in [0.1, 0.15) is 0 Å². The highest BCUT2D eigenvalue weighted by atomic mass is 16.3. The number of hydrogen-bond donors (Lipinski definition) is 0. The third-order valence-corrected chi connectivity index (χ3v) is 3.69. The maximum atomic E-state index is 11.3. The fourth-order valence-corrected chi connectivity index (χ4v) is 2.15. The second-order valence-corrected chi connectivity index (χ2v) is 4.83. The van der Waals surface area contributed by atoms with Gasteiger partial charge in [0.2, 0.25) is 0 Å². The highest BCUT2D eigenvalue weighted by Crippen LogP contribution is 2.33. The van der Waals surface area contributed by atoms with Gasteiger partial charge in [0, 0.05) is 0 Å². The molecule has 0 bridgehead atoms. The van der Waals surface area contributed by atoms with E-state index in [4.69, 9.17) is 0 Å². The second kappa shape index (κ2) is 5.22. The van der Waals surface area contributed by atoms with Crippen LogP contribution < -0.4 is 5.01 Å². The average molecular weight is 254 g/mol. The maximum Gasteiger partial charge on any atom is 0.0717 e. The Balaban J connectivity index is 2.60. The normalized spacial score (nSPS) is 10.3. The van der Waals surface area contributed by atoms with E-state index < -0.39 is 0 Å². The fraction of sp³-hybridized carbons (Fsp3) is 0.250. The molecule has 0 atom stereocenters. The Morgan fingerprint density at radius 2 is 1.21 bits per heavy atom. The van der Waals surface area contributed by atoms with Crippen molar-refractivity contribution >= 4 is 11.4 Å². The van der Waals surface area contributed by atoms with E-state index in [1.165, 1.54) is 5.01 Å². The third kappa shape index (κ3) is 2.36. The summed E-state index contributed by atoms with van der Waals surface area (Å²) in [6, 6.07) is 11.8. The van der Waals surface area contributed by atoms with E-state index in [1.807, 2.05) is 64.1 Å². The van der Waals surface area contributed by atoms with Gasteiger partial charge in [-0.05, 0) is 62.1 Å². The molecular formula is C16H18N2O. The number of benzene rings is 2. The van der Waals surface area contributed by atoms with Gasteiger partial charge in [-0.25, -0.2) is 0 Å². The monoisotopic (exact) mass is 254 g/mol. The first kappa shape index (κ1) is 13.3. The molecule has 0 radical (unpaired) electrons. The van der Waals surface area contributed by atoms with Crippen LogP contribution in [0.4, 0.5) is 11.4 Å². The van der Waals surface area contributed by atoms with Gasteiger partial charge in [-0.15, -0.1) is 4.91 Å². The molecule has 0 aliphatic rings. The summed E-state index contributed by atoms with van der Waals surface area (Å²) < 4.78 is 0. The number of rotatable bonds is 3. The summed E-state index contributed by atoms with van der Waals surface area (Å²) in [5, 5.41) is 4.69. The largest absolute Gasteiger partial charge is 0.197 e. The molecule has 19 heavy (non-hydrogen) atoms. The molecule has 0 heterocycles. The summed E-state index contributed by atoms with van der Waals surface area (Å²) in [5.74, 6) is 0. The number of aryl methyl sites for hydroxylation is 2. The van der Waals surface area contributed by atoms with E-state index >= 15 is 0 Å². The zero-order chi connectivity index (χ0) is 14.0. The van der Waals surface area contributed by atoms with E-state index in [1.54, 1.807) is 0 Å². The summed E-state index contributed by atoms with van der Waals surface area (Å²) in [6.07, 6.45) is 0. The molecule has 0 amide bonds. The van der Waals surface area contributed by atoms with Crippen molar-refractivity contribution in [1.29, 1.82) is 0 Å². The lowest BCUT2D eigenvalue weighted by Crippen LogP contribution is -2.11. The van der Waals surface area contributed by atoms with Crippen LogP contribution in [0.1, 0.15) is 22.3 Å². The van der Waals surface area contributed by atoms with E-state index in [-0.39, 0.29) is 0 Å². The van der Waals surface area contributed by atoms with Crippen LogP contribution in [0, 0.1) is 32.6 Å². The van der Waals surface area contributed by atoms with Crippen molar-refractivity contribution in [2.24, 2.45) is 5.29 Å². The summed E-state index contributed by atoms with van der Waals surface area (Å²) in [4.78, 5) is 11.3. The predicted octanol–water partition coefficient (Wildman–Crippen LogP) is 4.74. The van der Waals surface area contributed by atoms with Crippen LogP contribution in [0.25, 0.3) is 0 Å². The van der Waals surface area contributed by atoms with Gasteiger partial charge >= 0.3 is 0 Å². The lowest BCUT2D eigenvalue weighted by Gasteiger charge is -2.21. The van der Waals surface area contributed by atoms with Crippen LogP contribution in [-0.4, -0.2) is 0 Å². The van der Waals surface area contributed by atoms with Gasteiger partial charge in [0.25, 0.3) is 0 Å². The Kier molecular flexibility index (Phi) is 3.65. The van der Waals surface area contributed by atoms with E-state index in [2.05, 4.69) is 5.29 Å². The Bertz CT molecular complexity index is 569. The quantitative estimate of drug-likeness (QED) is 0.585. The van der Waals surface area contributed by atoms with Crippen molar-refractivity contribution in [3.63, 3.8) is 0 Å². The first-order chi connectivity index (χ1) is 9.06. The van der Waals surface area contributed by atoms with Gasteiger partial charge in [0.15, 0.2) is 0 Å². The first-order valence-electron chi connectivity index (χ1n) is 6.32. The SMILES string of the molecule is Cc1cccc(N(N=O)c2cccc(C)c2C)c1C. The molecule has 3 nitrogen and oxygen atoms in total. The number of nitroso groups, excluding NO2 is 1. The molecule has 0 aromatic heterocycles.